The summed E-state index contributed by atoms with van der Waals surface area (Å²) in [6.45, 7) is 1.84. The zero-order chi connectivity index (χ0) is 39.0. The lowest BCUT2D eigenvalue weighted by Gasteiger charge is -2.49. The Kier molecular flexibility index (Phi) is 8.68. The Balaban J connectivity index is 1.37. The Bertz CT molecular complexity index is 2530. The fraction of sp³-hybridized carbons (Fsp3) is 0.237. The highest BCUT2D eigenvalue weighted by Crippen LogP contribution is 2.62. The molecular formula is C38H29Cl2F3N6O6. The van der Waals surface area contributed by atoms with Crippen LogP contribution in [0, 0.1) is 5.92 Å². The fourth-order valence-corrected chi connectivity index (χ4v) is 8.53. The van der Waals surface area contributed by atoms with Crippen LogP contribution in [0.4, 0.5) is 19.0 Å². The van der Waals surface area contributed by atoms with Crippen LogP contribution in [-0.2, 0) is 27.7 Å². The number of phenols is 1. The number of nitrogens with zero attached hydrogens (tertiary/aromatic N) is 5. The first-order valence-corrected chi connectivity index (χ1v) is 17.8. The highest BCUT2D eigenvalue weighted by molar-refractivity contribution is 6.33. The monoisotopic (exact) mass is 792 g/mol. The molecule has 282 valence electrons. The Morgan fingerprint density at radius 2 is 1.71 bits per heavy atom. The average molecular weight is 794 g/mol. The summed E-state index contributed by atoms with van der Waals surface area (Å²) in [5.74, 6) is -4.37. The largest absolute Gasteiger partial charge is 0.504 e. The molecule has 2 aliphatic heterocycles. The van der Waals surface area contributed by atoms with Crippen LogP contribution in [0.3, 0.4) is 0 Å². The number of aromatic hydroxyl groups is 1. The predicted octanol–water partition coefficient (Wildman–Crippen LogP) is 6.24. The van der Waals surface area contributed by atoms with Gasteiger partial charge >= 0.3 is 17.6 Å². The quantitative estimate of drug-likeness (QED) is 0.146. The maximum atomic E-state index is 15.3. The summed E-state index contributed by atoms with van der Waals surface area (Å²) in [7, 11) is 0. The lowest BCUT2D eigenvalue weighted by Crippen LogP contribution is -2.53. The first kappa shape index (κ1) is 36.2. The fourth-order valence-electron chi connectivity index (χ4n) is 8.20. The van der Waals surface area contributed by atoms with Gasteiger partial charge in [0.25, 0.3) is 11.8 Å². The summed E-state index contributed by atoms with van der Waals surface area (Å²) < 4.78 is 49.8. The van der Waals surface area contributed by atoms with Gasteiger partial charge in [0.05, 0.1) is 46.8 Å². The maximum Gasteiger partial charge on any atom is 0.417 e. The molecule has 12 nitrogen and oxygen atoms in total. The molecule has 4 atom stereocenters. The second-order valence-corrected chi connectivity index (χ2v) is 14.1. The number of hydrogen-bond donors (Lipinski definition) is 2. The van der Waals surface area contributed by atoms with Crippen molar-refractivity contribution in [1.29, 1.82) is 0 Å². The van der Waals surface area contributed by atoms with Gasteiger partial charge in [-0.2, -0.15) is 18.2 Å². The summed E-state index contributed by atoms with van der Waals surface area (Å²) in [5.41, 5.74) is 0.0435. The topological polar surface area (TPSA) is 141 Å². The van der Waals surface area contributed by atoms with Crippen molar-refractivity contribution in [2.24, 2.45) is 5.92 Å². The first-order chi connectivity index (χ1) is 26.3. The molecule has 3 aliphatic rings. The summed E-state index contributed by atoms with van der Waals surface area (Å²) in [6.07, 6.45) is -2.63. The second kappa shape index (κ2) is 13.2. The minimum absolute atomic E-state index is 0.0663. The molecule has 0 bridgehead atoms. The van der Waals surface area contributed by atoms with Crippen LogP contribution < -0.4 is 21.5 Å². The Morgan fingerprint density at radius 3 is 2.38 bits per heavy atom. The summed E-state index contributed by atoms with van der Waals surface area (Å²) >= 11 is 12.6. The van der Waals surface area contributed by atoms with Gasteiger partial charge in [-0.25, -0.2) is 28.5 Å². The molecular weight excluding hydrogens is 764 g/mol. The number of pyridine rings is 1. The van der Waals surface area contributed by atoms with E-state index in [1.54, 1.807) is 79.7 Å². The van der Waals surface area contributed by atoms with Crippen molar-refractivity contribution < 1.29 is 32.6 Å². The van der Waals surface area contributed by atoms with Crippen LogP contribution in [0.25, 0.3) is 5.69 Å². The molecule has 8 rings (SSSR count). The van der Waals surface area contributed by atoms with Gasteiger partial charge < -0.3 is 9.84 Å². The third kappa shape index (κ3) is 5.55. The minimum atomic E-state index is -4.76. The maximum absolute atomic E-state index is 15.3. The van der Waals surface area contributed by atoms with Crippen LogP contribution in [0.1, 0.15) is 42.0 Å². The molecule has 5 aromatic rings. The first-order valence-electron chi connectivity index (χ1n) is 17.1. The number of nitrogens with one attached hydrogen (secondary N) is 1. The third-order valence-electron chi connectivity index (χ3n) is 10.5. The molecule has 0 spiro atoms. The number of halogens is 5. The van der Waals surface area contributed by atoms with E-state index in [-0.39, 0.29) is 36.9 Å². The van der Waals surface area contributed by atoms with Gasteiger partial charge in [0.2, 0.25) is 0 Å². The molecule has 0 radical (unpaired) electrons. The number of rotatable bonds is 7. The number of amides is 2. The Morgan fingerprint density at radius 1 is 0.982 bits per heavy atom. The predicted molar refractivity (Wildman–Crippen MR) is 194 cm³/mol. The number of ether oxygens (including phenoxy) is 1. The summed E-state index contributed by atoms with van der Waals surface area (Å²) in [4.78, 5) is 62.1. The number of phenolic OH excluding ortho intramolecular Hbond substituents is 1. The number of hydrogen-bond acceptors (Lipinski definition) is 8. The zero-order valence-electron chi connectivity index (χ0n) is 28.6. The molecule has 0 unspecified atom stereocenters. The lowest BCUT2D eigenvalue weighted by atomic mass is 9.53. The van der Waals surface area contributed by atoms with E-state index >= 15 is 4.79 Å². The Hall–Kier alpha value is -5.80. The van der Waals surface area contributed by atoms with Gasteiger partial charge in [-0.05, 0) is 72.5 Å². The SMILES string of the molecule is CCOc1cc([C@H]2C3=CCn4c(=O)n(-c5ccccc5)c(=O)n4[C@@H]3C[C@H]3C(=O)N(Nc4ncc(C(F)(F)F)cc4Cl)C(=O)[C@@]23c2ccc(Cl)cc2)ccc1O. The number of fused-ring (bicyclic) bond motifs is 4. The normalized spacial score (nSPS) is 21.8. The molecule has 1 saturated carbocycles. The van der Waals surface area contributed by atoms with Crippen LogP contribution in [0.15, 0.2) is 106 Å². The molecule has 1 aliphatic carbocycles. The molecule has 2 fully saturated rings. The van der Waals surface area contributed by atoms with E-state index in [0.29, 0.717) is 44.7 Å². The van der Waals surface area contributed by atoms with Crippen molar-refractivity contribution in [3.63, 3.8) is 0 Å². The molecule has 17 heteroatoms. The molecule has 55 heavy (non-hydrogen) atoms. The number of anilines is 1. The van der Waals surface area contributed by atoms with E-state index in [0.717, 1.165) is 4.57 Å². The van der Waals surface area contributed by atoms with Crippen LogP contribution >= 0.6 is 23.2 Å². The van der Waals surface area contributed by atoms with E-state index in [9.17, 15) is 32.7 Å². The number of carbonyl (C=O) groups is 2. The van der Waals surface area contributed by atoms with Crippen molar-refractivity contribution >= 4 is 40.8 Å². The zero-order valence-corrected chi connectivity index (χ0v) is 30.1. The average Bonchev–Trinajstić information content (AvgIpc) is 3.54. The standard InChI is InChI=1S/C38H29Cl2F3N6O6/c1-2-55-30-16-20(8-13-29(30)50)31-25-14-15-46-35(53)47(24-6-4-3-5-7-24)36(54)49(46)28(25)18-26-33(51)48(34(52)37(26,31)21-9-11-23(39)12-10-21)45-32-27(40)17-22(19-44-32)38(41,42)43/h3-14,16-17,19,26,28,31,50H,2,15,18H2,1H3,(H,44,45)/t26-,28+,31-,37+/m0/s1. The van der Waals surface area contributed by atoms with E-state index in [2.05, 4.69) is 10.4 Å². The van der Waals surface area contributed by atoms with E-state index in [1.807, 2.05) is 0 Å². The van der Waals surface area contributed by atoms with Gasteiger partial charge in [-0.1, -0.05) is 65.7 Å². The van der Waals surface area contributed by atoms with Gasteiger partial charge in [0.15, 0.2) is 17.3 Å². The van der Waals surface area contributed by atoms with Gasteiger partial charge in [0.1, 0.15) is 0 Å². The molecule has 2 aromatic heterocycles. The van der Waals surface area contributed by atoms with Gasteiger partial charge in [-0.15, -0.1) is 0 Å². The van der Waals surface area contributed by atoms with E-state index in [4.69, 9.17) is 27.9 Å². The number of para-hydroxylation sites is 1. The summed E-state index contributed by atoms with van der Waals surface area (Å²) in [6, 6.07) is 18.9. The number of benzene rings is 3. The minimum Gasteiger partial charge on any atom is -0.504 e. The van der Waals surface area contributed by atoms with Crippen LogP contribution in [0.5, 0.6) is 11.5 Å². The van der Waals surface area contributed by atoms with Crippen molar-refractivity contribution in [2.45, 2.75) is 43.4 Å². The number of alkyl halides is 3. The number of imide groups is 1. The van der Waals surface area contributed by atoms with Gasteiger partial charge in [0, 0.05) is 17.1 Å². The summed E-state index contributed by atoms with van der Waals surface area (Å²) in [5, 5.41) is 11.3. The van der Waals surface area contributed by atoms with Gasteiger partial charge in [-0.3, -0.25) is 15.0 Å². The highest BCUT2D eigenvalue weighted by atomic mass is 35.5. The third-order valence-corrected chi connectivity index (χ3v) is 11.0. The smallest absolute Gasteiger partial charge is 0.417 e. The molecule has 4 heterocycles. The molecule has 3 aromatic carbocycles. The number of aromatic nitrogens is 4. The van der Waals surface area contributed by atoms with Crippen molar-refractivity contribution in [3.8, 4) is 17.2 Å². The van der Waals surface area contributed by atoms with Crippen LogP contribution in [-0.4, -0.2) is 47.5 Å². The van der Waals surface area contributed by atoms with Crippen LogP contribution in [0.2, 0.25) is 10.0 Å². The Labute approximate surface area is 319 Å². The van der Waals surface area contributed by atoms with Crippen molar-refractivity contribution in [1.82, 2.24) is 23.9 Å². The van der Waals surface area contributed by atoms with Crippen molar-refractivity contribution in [2.75, 3.05) is 12.0 Å². The highest BCUT2D eigenvalue weighted by Gasteiger charge is 2.69. The molecule has 2 N–H and O–H groups in total. The lowest BCUT2D eigenvalue weighted by molar-refractivity contribution is -0.139. The molecule has 2 amide bonds. The van der Waals surface area contributed by atoms with E-state index < -0.39 is 63.2 Å². The number of hydrazine groups is 1. The number of carbonyl (C=O) groups excluding carboxylic acids is 2. The number of allylic oxidation sites excluding steroid dienone is 2. The van der Waals surface area contributed by atoms with Crippen molar-refractivity contribution in [3.05, 3.63) is 144 Å². The molecule has 1 saturated heterocycles. The van der Waals surface area contributed by atoms with E-state index in [1.165, 1.54) is 15.4 Å². The second-order valence-electron chi connectivity index (χ2n) is 13.3.